The lowest BCUT2D eigenvalue weighted by Crippen LogP contribution is -2.43. The third-order valence-electron chi connectivity index (χ3n) is 9.15. The lowest BCUT2D eigenvalue weighted by Gasteiger charge is -2.18. The van der Waals surface area contributed by atoms with Crippen molar-refractivity contribution in [2.45, 2.75) is 212 Å². The number of amides is 1. The predicted octanol–water partition coefficient (Wildman–Crippen LogP) is 9.95. The molecule has 0 aliphatic carbocycles. The van der Waals surface area contributed by atoms with Crippen LogP contribution in [0.25, 0.3) is 0 Å². The molecule has 0 saturated heterocycles. The molecule has 0 radical (unpaired) electrons. The van der Waals surface area contributed by atoms with Gasteiger partial charge in [0.2, 0.25) is 5.91 Å². The highest BCUT2D eigenvalue weighted by Crippen LogP contribution is 2.43. The molecule has 0 saturated carbocycles. The standard InChI is InChI=1S/C39H76NO10P/c1-3-5-7-9-11-13-15-17-18-19-20-22-24-26-28-30-37(42)40-36(39(44)45)34-50-51(46,47)49-33-35(41)32-48-38(43)31-29-27-25-23-21-16-14-12-10-8-6-4-2/h35-36,41H,3-34H2,1-2H3,(H,40,42)(H,44,45)(H,46,47). The van der Waals surface area contributed by atoms with Gasteiger partial charge in [0.05, 0.1) is 13.2 Å². The van der Waals surface area contributed by atoms with Crippen LogP contribution >= 0.6 is 7.82 Å². The van der Waals surface area contributed by atoms with E-state index in [4.69, 9.17) is 13.8 Å². The van der Waals surface area contributed by atoms with Gasteiger partial charge in [-0.05, 0) is 12.8 Å². The van der Waals surface area contributed by atoms with Crippen molar-refractivity contribution in [3.63, 3.8) is 0 Å². The first-order valence-electron chi connectivity index (χ1n) is 20.6. The highest BCUT2D eigenvalue weighted by molar-refractivity contribution is 7.47. The number of phosphoric acid groups is 1. The topological polar surface area (TPSA) is 169 Å². The molecule has 0 fully saturated rings. The van der Waals surface area contributed by atoms with E-state index < -0.39 is 57.6 Å². The SMILES string of the molecule is CCCCCCCCCCCCCCCCCC(=O)NC(COP(=O)(O)OCC(O)COC(=O)CCCCCCCCCCCCCC)C(=O)O. The number of hydrogen-bond donors (Lipinski definition) is 4. The van der Waals surface area contributed by atoms with Crippen molar-refractivity contribution < 1.29 is 47.8 Å². The van der Waals surface area contributed by atoms with Crippen molar-refractivity contribution in [3.05, 3.63) is 0 Å². The van der Waals surface area contributed by atoms with Gasteiger partial charge in [-0.15, -0.1) is 0 Å². The van der Waals surface area contributed by atoms with Gasteiger partial charge in [0, 0.05) is 12.8 Å². The monoisotopic (exact) mass is 750 g/mol. The van der Waals surface area contributed by atoms with Gasteiger partial charge >= 0.3 is 19.8 Å². The summed E-state index contributed by atoms with van der Waals surface area (Å²) in [5.74, 6) is -2.36. The highest BCUT2D eigenvalue weighted by atomic mass is 31.2. The van der Waals surface area contributed by atoms with Crippen molar-refractivity contribution in [1.82, 2.24) is 5.32 Å². The molecule has 11 nitrogen and oxygen atoms in total. The molecule has 0 aromatic carbocycles. The summed E-state index contributed by atoms with van der Waals surface area (Å²) in [6.45, 7) is 2.60. The van der Waals surface area contributed by atoms with E-state index in [9.17, 15) is 34.1 Å². The zero-order valence-corrected chi connectivity index (χ0v) is 33.3. The Balaban J connectivity index is 3.91. The summed E-state index contributed by atoms with van der Waals surface area (Å²) in [6, 6.07) is -1.54. The molecule has 0 heterocycles. The molecule has 0 bridgehead atoms. The largest absolute Gasteiger partial charge is 0.480 e. The van der Waals surface area contributed by atoms with Crippen LogP contribution in [0.15, 0.2) is 0 Å². The number of unbranched alkanes of at least 4 members (excludes halogenated alkanes) is 25. The number of aliphatic hydroxyl groups excluding tert-OH is 1. The van der Waals surface area contributed by atoms with E-state index in [2.05, 4.69) is 19.2 Å². The van der Waals surface area contributed by atoms with Crippen LogP contribution in [0.1, 0.15) is 200 Å². The number of aliphatic carboxylic acids is 1. The summed E-state index contributed by atoms with van der Waals surface area (Å²) in [4.78, 5) is 45.7. The van der Waals surface area contributed by atoms with Crippen molar-refractivity contribution >= 4 is 25.7 Å². The van der Waals surface area contributed by atoms with E-state index in [1.54, 1.807) is 0 Å². The van der Waals surface area contributed by atoms with Gasteiger partial charge in [-0.1, -0.05) is 174 Å². The van der Waals surface area contributed by atoms with E-state index in [1.165, 1.54) is 122 Å². The Kier molecular flexibility index (Phi) is 34.4. The van der Waals surface area contributed by atoms with Crippen LogP contribution < -0.4 is 5.32 Å². The second kappa shape index (κ2) is 35.5. The normalized spacial score (nSPS) is 13.8. The van der Waals surface area contributed by atoms with Crippen molar-refractivity contribution in [2.24, 2.45) is 0 Å². The number of ether oxygens (including phenoxy) is 1. The number of hydrogen-bond acceptors (Lipinski definition) is 8. The van der Waals surface area contributed by atoms with Crippen LogP contribution in [0, 0.1) is 0 Å². The van der Waals surface area contributed by atoms with Crippen LogP contribution in [0.4, 0.5) is 0 Å². The highest BCUT2D eigenvalue weighted by Gasteiger charge is 2.28. The van der Waals surface area contributed by atoms with Crippen LogP contribution in [0.3, 0.4) is 0 Å². The summed E-state index contributed by atoms with van der Waals surface area (Å²) in [5, 5.41) is 21.8. The molecule has 0 aliphatic heterocycles. The Morgan fingerprint density at radius 1 is 0.549 bits per heavy atom. The minimum Gasteiger partial charge on any atom is -0.480 e. The van der Waals surface area contributed by atoms with Crippen LogP contribution in [0.5, 0.6) is 0 Å². The predicted molar refractivity (Wildman–Crippen MR) is 204 cm³/mol. The molecule has 4 N–H and O–H groups in total. The Morgan fingerprint density at radius 2 is 0.902 bits per heavy atom. The Bertz CT molecular complexity index is 890. The zero-order valence-electron chi connectivity index (χ0n) is 32.4. The molecule has 0 rings (SSSR count). The number of carboxylic acid groups (broad SMARTS) is 1. The number of carbonyl (C=O) groups is 3. The maximum absolute atomic E-state index is 12.3. The molecule has 0 aromatic rings. The summed E-state index contributed by atoms with van der Waals surface area (Å²) in [7, 11) is -4.74. The quantitative estimate of drug-likeness (QED) is 0.0270. The number of rotatable bonds is 39. The van der Waals surface area contributed by atoms with Crippen molar-refractivity contribution in [3.8, 4) is 0 Å². The lowest BCUT2D eigenvalue weighted by molar-refractivity contribution is -0.147. The number of carbonyl (C=O) groups excluding carboxylic acids is 2. The third kappa shape index (κ3) is 35.3. The van der Waals surface area contributed by atoms with Gasteiger partial charge in [0.15, 0.2) is 6.04 Å². The summed E-state index contributed by atoms with van der Waals surface area (Å²) in [5.41, 5.74) is 0. The van der Waals surface area contributed by atoms with E-state index >= 15 is 0 Å². The maximum Gasteiger partial charge on any atom is 0.472 e. The van der Waals surface area contributed by atoms with Gasteiger partial charge in [0.1, 0.15) is 12.7 Å². The van der Waals surface area contributed by atoms with Gasteiger partial charge < -0.3 is 25.2 Å². The molecule has 1 amide bonds. The van der Waals surface area contributed by atoms with E-state index in [0.717, 1.165) is 38.5 Å². The van der Waals surface area contributed by atoms with E-state index in [1.807, 2.05) is 0 Å². The number of esters is 1. The van der Waals surface area contributed by atoms with E-state index in [0.29, 0.717) is 12.8 Å². The maximum atomic E-state index is 12.3. The van der Waals surface area contributed by atoms with Crippen LogP contribution in [-0.2, 0) is 32.7 Å². The van der Waals surface area contributed by atoms with Gasteiger partial charge in [0.25, 0.3) is 0 Å². The molecule has 3 unspecified atom stereocenters. The van der Waals surface area contributed by atoms with Gasteiger partial charge in [-0.25, -0.2) is 9.36 Å². The van der Waals surface area contributed by atoms with Gasteiger partial charge in [-0.3, -0.25) is 18.6 Å². The molecule has 302 valence electrons. The van der Waals surface area contributed by atoms with Crippen LogP contribution in [0.2, 0.25) is 0 Å². The average molecular weight is 750 g/mol. The summed E-state index contributed by atoms with van der Waals surface area (Å²) >= 11 is 0. The van der Waals surface area contributed by atoms with Crippen LogP contribution in [-0.4, -0.2) is 64.9 Å². The minimum atomic E-state index is -4.74. The first-order valence-corrected chi connectivity index (χ1v) is 22.1. The second-order valence-electron chi connectivity index (χ2n) is 14.2. The molecule has 0 aliphatic rings. The fraction of sp³-hybridized carbons (Fsp3) is 0.923. The third-order valence-corrected chi connectivity index (χ3v) is 10.1. The first-order chi connectivity index (χ1) is 24.6. The number of carboxylic acids is 1. The number of nitrogens with one attached hydrogen (secondary N) is 1. The molecule has 3 atom stereocenters. The fourth-order valence-corrected chi connectivity index (χ4v) is 6.68. The van der Waals surface area contributed by atoms with E-state index in [-0.39, 0.29) is 12.8 Å². The number of aliphatic hydroxyl groups is 1. The summed E-state index contributed by atoms with van der Waals surface area (Å²) in [6.07, 6.45) is 31.2. The zero-order chi connectivity index (χ0) is 37.8. The molecule has 12 heteroatoms. The summed E-state index contributed by atoms with van der Waals surface area (Å²) < 4.78 is 26.8. The van der Waals surface area contributed by atoms with Crippen molar-refractivity contribution in [1.29, 1.82) is 0 Å². The van der Waals surface area contributed by atoms with Crippen molar-refractivity contribution in [2.75, 3.05) is 19.8 Å². The molecule has 0 aromatic heterocycles. The fourth-order valence-electron chi connectivity index (χ4n) is 5.90. The first kappa shape index (κ1) is 49.5. The Morgan fingerprint density at radius 3 is 1.29 bits per heavy atom. The molecular weight excluding hydrogens is 673 g/mol. The molecule has 51 heavy (non-hydrogen) atoms. The Labute approximate surface area is 310 Å². The minimum absolute atomic E-state index is 0.152. The molecular formula is C39H76NO10P. The second-order valence-corrected chi connectivity index (χ2v) is 15.6. The molecule has 0 spiro atoms. The Hall–Kier alpha value is -1.52. The van der Waals surface area contributed by atoms with Gasteiger partial charge in [-0.2, -0.15) is 0 Å². The lowest BCUT2D eigenvalue weighted by atomic mass is 10.0. The average Bonchev–Trinajstić information content (AvgIpc) is 3.10. The number of phosphoric ester groups is 1. The smallest absolute Gasteiger partial charge is 0.472 e.